The number of nitrogens with zero attached hydrogens (tertiary/aromatic N) is 2. The van der Waals surface area contributed by atoms with Gasteiger partial charge in [0.05, 0.1) is 12.1 Å². The lowest BCUT2D eigenvalue weighted by Gasteiger charge is -2.23. The first kappa shape index (κ1) is 18.9. The van der Waals surface area contributed by atoms with E-state index in [4.69, 9.17) is 16.3 Å². The first-order valence-corrected chi connectivity index (χ1v) is 7.30. The Labute approximate surface area is 140 Å². The van der Waals surface area contributed by atoms with Gasteiger partial charge in [-0.05, 0) is 32.9 Å². The summed E-state index contributed by atoms with van der Waals surface area (Å²) >= 11 is 5.62. The number of hydrogen-bond acceptors (Lipinski definition) is 5. The van der Waals surface area contributed by atoms with Gasteiger partial charge in [0.15, 0.2) is 6.61 Å². The quantitative estimate of drug-likeness (QED) is 0.643. The molecule has 2 amide bonds. The molecule has 0 aliphatic heterocycles. The fourth-order valence-electron chi connectivity index (χ4n) is 1.58. The number of rotatable bonds is 5. The average Bonchev–Trinajstić information content (AvgIpc) is 2.42. The van der Waals surface area contributed by atoms with Crippen LogP contribution in [0.15, 0.2) is 18.3 Å². The second kappa shape index (κ2) is 7.92. The number of carbonyl (C=O) groups is 3. The highest BCUT2D eigenvalue weighted by atomic mass is 35.5. The van der Waals surface area contributed by atoms with Crippen LogP contribution in [0.5, 0.6) is 0 Å². The van der Waals surface area contributed by atoms with Gasteiger partial charge in [0.1, 0.15) is 5.15 Å². The van der Waals surface area contributed by atoms with E-state index in [2.05, 4.69) is 10.3 Å². The van der Waals surface area contributed by atoms with Crippen molar-refractivity contribution >= 4 is 29.4 Å². The molecular formula is C15H20ClN3O4. The van der Waals surface area contributed by atoms with Crippen molar-refractivity contribution in [1.82, 2.24) is 15.2 Å². The van der Waals surface area contributed by atoms with Crippen molar-refractivity contribution in [1.29, 1.82) is 0 Å². The third kappa shape index (κ3) is 7.10. The number of hydrogen-bond donors (Lipinski definition) is 1. The van der Waals surface area contributed by atoms with Crippen molar-refractivity contribution in [3.63, 3.8) is 0 Å². The molecule has 0 saturated heterocycles. The molecule has 0 radical (unpaired) electrons. The van der Waals surface area contributed by atoms with Crippen molar-refractivity contribution in [3.8, 4) is 0 Å². The molecule has 8 heteroatoms. The minimum absolute atomic E-state index is 0.115. The van der Waals surface area contributed by atoms with Crippen LogP contribution in [0.25, 0.3) is 0 Å². The van der Waals surface area contributed by atoms with E-state index in [0.717, 1.165) is 0 Å². The monoisotopic (exact) mass is 341 g/mol. The summed E-state index contributed by atoms with van der Waals surface area (Å²) in [5.74, 6) is -1.46. The Morgan fingerprint density at radius 3 is 2.48 bits per heavy atom. The molecule has 1 heterocycles. The van der Waals surface area contributed by atoms with Gasteiger partial charge >= 0.3 is 5.97 Å². The lowest BCUT2D eigenvalue weighted by Crippen LogP contribution is -2.46. The Kier molecular flexibility index (Phi) is 6.50. The van der Waals surface area contributed by atoms with Gasteiger partial charge in [-0.1, -0.05) is 11.6 Å². The van der Waals surface area contributed by atoms with Gasteiger partial charge in [0, 0.05) is 18.8 Å². The minimum atomic E-state index is -0.685. The van der Waals surface area contributed by atoms with Crippen molar-refractivity contribution in [2.45, 2.75) is 26.3 Å². The second-order valence-electron chi connectivity index (χ2n) is 5.99. The first-order chi connectivity index (χ1) is 10.6. The molecule has 1 aromatic heterocycles. The summed E-state index contributed by atoms with van der Waals surface area (Å²) in [5.41, 5.74) is -0.190. The van der Waals surface area contributed by atoms with Crippen LogP contribution in [0, 0.1) is 0 Å². The van der Waals surface area contributed by atoms with Gasteiger partial charge in [-0.25, -0.2) is 9.78 Å². The zero-order chi connectivity index (χ0) is 17.6. The van der Waals surface area contributed by atoms with Gasteiger partial charge in [0.25, 0.3) is 5.91 Å². The number of likely N-dealkylation sites (N-methyl/N-ethyl adjacent to an activating group) is 1. The van der Waals surface area contributed by atoms with Gasteiger partial charge in [-0.15, -0.1) is 0 Å². The summed E-state index contributed by atoms with van der Waals surface area (Å²) < 4.78 is 4.89. The molecule has 1 aromatic rings. The minimum Gasteiger partial charge on any atom is -0.452 e. The third-order valence-corrected chi connectivity index (χ3v) is 2.83. The Bertz CT molecular complexity index is 581. The average molecular weight is 342 g/mol. The van der Waals surface area contributed by atoms with Crippen molar-refractivity contribution < 1.29 is 19.1 Å². The molecule has 23 heavy (non-hydrogen) atoms. The van der Waals surface area contributed by atoms with Gasteiger partial charge < -0.3 is 15.0 Å². The fraction of sp³-hybridized carbons (Fsp3) is 0.467. The normalized spacial score (nSPS) is 10.8. The lowest BCUT2D eigenvalue weighted by molar-refractivity contribution is -0.137. The maximum Gasteiger partial charge on any atom is 0.340 e. The van der Waals surface area contributed by atoms with E-state index in [1.165, 1.54) is 30.3 Å². The van der Waals surface area contributed by atoms with Crippen molar-refractivity contribution in [2.24, 2.45) is 0 Å². The van der Waals surface area contributed by atoms with Crippen LogP contribution in [-0.4, -0.2) is 53.4 Å². The first-order valence-electron chi connectivity index (χ1n) is 6.92. The highest BCUT2D eigenvalue weighted by Crippen LogP contribution is 2.06. The molecule has 0 spiro atoms. The number of nitrogens with one attached hydrogen (secondary N) is 1. The molecule has 0 unspecified atom stereocenters. The zero-order valence-electron chi connectivity index (χ0n) is 13.6. The standard InChI is InChI=1S/C15H20ClN3O4/c1-15(2,3)18-12(20)8-19(4)13(21)9-23-14(22)10-5-6-11(16)17-7-10/h5-7H,8-9H2,1-4H3,(H,18,20). The van der Waals surface area contributed by atoms with Crippen LogP contribution in [0.1, 0.15) is 31.1 Å². The molecule has 1 rings (SSSR count). The Morgan fingerprint density at radius 2 is 1.96 bits per heavy atom. The highest BCUT2D eigenvalue weighted by molar-refractivity contribution is 6.29. The Balaban J connectivity index is 2.45. The molecule has 1 N–H and O–H groups in total. The molecule has 0 bridgehead atoms. The fourth-order valence-corrected chi connectivity index (χ4v) is 1.69. The predicted molar refractivity (Wildman–Crippen MR) is 85.1 cm³/mol. The van der Waals surface area contributed by atoms with Gasteiger partial charge in [-0.2, -0.15) is 0 Å². The van der Waals surface area contributed by atoms with Crippen molar-refractivity contribution in [3.05, 3.63) is 29.0 Å². The maximum atomic E-state index is 11.9. The topological polar surface area (TPSA) is 88.6 Å². The molecule has 0 aliphatic carbocycles. The summed E-state index contributed by atoms with van der Waals surface area (Å²) in [6, 6.07) is 2.89. The van der Waals surface area contributed by atoms with Crippen LogP contribution in [-0.2, 0) is 14.3 Å². The van der Waals surface area contributed by atoms with Crippen LogP contribution < -0.4 is 5.32 Å². The number of carbonyl (C=O) groups excluding carboxylic acids is 3. The molecule has 7 nitrogen and oxygen atoms in total. The zero-order valence-corrected chi connectivity index (χ0v) is 14.3. The molecule has 0 fully saturated rings. The van der Waals surface area contributed by atoms with E-state index >= 15 is 0 Å². The number of amides is 2. The molecule has 0 saturated carbocycles. The summed E-state index contributed by atoms with van der Waals surface area (Å²) in [7, 11) is 1.46. The molecule has 0 aromatic carbocycles. The molecular weight excluding hydrogens is 322 g/mol. The van der Waals surface area contributed by atoms with Crippen LogP contribution in [0.4, 0.5) is 0 Å². The van der Waals surface area contributed by atoms with Crippen LogP contribution in [0.2, 0.25) is 5.15 Å². The highest BCUT2D eigenvalue weighted by Gasteiger charge is 2.19. The summed E-state index contributed by atoms with van der Waals surface area (Å²) in [6.45, 7) is 4.95. The number of pyridine rings is 1. The van der Waals surface area contributed by atoms with E-state index in [1.54, 1.807) is 0 Å². The second-order valence-corrected chi connectivity index (χ2v) is 6.38. The summed E-state index contributed by atoms with van der Waals surface area (Å²) in [6.07, 6.45) is 1.26. The van der Waals surface area contributed by atoms with E-state index in [9.17, 15) is 14.4 Å². The van der Waals surface area contributed by atoms with E-state index < -0.39 is 18.5 Å². The lowest BCUT2D eigenvalue weighted by atomic mass is 10.1. The van der Waals surface area contributed by atoms with Crippen molar-refractivity contribution in [2.75, 3.05) is 20.2 Å². The SMILES string of the molecule is CN(CC(=O)NC(C)(C)C)C(=O)COC(=O)c1ccc(Cl)nc1. The molecule has 126 valence electrons. The third-order valence-electron chi connectivity index (χ3n) is 2.61. The van der Waals surface area contributed by atoms with E-state index in [-0.39, 0.29) is 28.7 Å². The van der Waals surface area contributed by atoms with Crippen LogP contribution >= 0.6 is 11.6 Å². The number of halogens is 1. The smallest absolute Gasteiger partial charge is 0.340 e. The van der Waals surface area contributed by atoms with Crippen LogP contribution in [0.3, 0.4) is 0 Å². The van der Waals surface area contributed by atoms with Gasteiger partial charge in [0.2, 0.25) is 5.91 Å². The Hall–Kier alpha value is -2.15. The number of esters is 1. The van der Waals surface area contributed by atoms with Gasteiger partial charge in [-0.3, -0.25) is 9.59 Å². The largest absolute Gasteiger partial charge is 0.452 e. The van der Waals surface area contributed by atoms with E-state index in [0.29, 0.717) is 0 Å². The number of ether oxygens (including phenoxy) is 1. The maximum absolute atomic E-state index is 11.9. The predicted octanol–water partition coefficient (Wildman–Crippen LogP) is 1.26. The Morgan fingerprint density at radius 1 is 1.30 bits per heavy atom. The molecule has 0 atom stereocenters. The summed E-state index contributed by atoms with van der Waals surface area (Å²) in [5, 5.41) is 2.99. The van der Waals surface area contributed by atoms with E-state index in [1.807, 2.05) is 20.8 Å². The number of aromatic nitrogens is 1. The molecule has 0 aliphatic rings. The summed E-state index contributed by atoms with van der Waals surface area (Å²) in [4.78, 5) is 40.3.